The first kappa shape index (κ1) is 93.4. The number of likely N-dealkylation sites (N-methyl/N-ethyl adjacent to an activating group) is 1. The Morgan fingerprint density at radius 1 is 0.726 bits per heavy atom. The van der Waals surface area contributed by atoms with Gasteiger partial charge in [-0.1, -0.05) is 78.8 Å². The highest BCUT2D eigenvalue weighted by Gasteiger charge is 2.79. The van der Waals surface area contributed by atoms with Crippen LogP contribution in [0.1, 0.15) is 120 Å². The lowest BCUT2D eigenvalue weighted by atomic mass is 9.47. The van der Waals surface area contributed by atoms with Crippen molar-refractivity contribution in [2.75, 3.05) is 110 Å². The van der Waals surface area contributed by atoms with Crippen LogP contribution in [0.25, 0.3) is 5.57 Å². The third-order valence-corrected chi connectivity index (χ3v) is 27.2. The summed E-state index contributed by atoms with van der Waals surface area (Å²) < 4.78 is 17.9. The summed E-state index contributed by atoms with van der Waals surface area (Å²) in [6.07, 6.45) is -15.1. The molecule has 650 valence electrons. The summed E-state index contributed by atoms with van der Waals surface area (Å²) >= 11 is 0. The molecule has 2 bridgehead atoms. The zero-order chi connectivity index (χ0) is 86.0. The highest BCUT2D eigenvalue weighted by atomic mass is 33.1. The van der Waals surface area contributed by atoms with Crippen molar-refractivity contribution in [2.45, 2.75) is 205 Å². The van der Waals surface area contributed by atoms with Gasteiger partial charge in [-0.25, -0.2) is 4.79 Å². The maximum Gasteiger partial charge on any atom is 0.327 e. The van der Waals surface area contributed by atoms with Crippen LogP contribution in [0.3, 0.4) is 0 Å². The van der Waals surface area contributed by atoms with Crippen LogP contribution in [-0.4, -0.2) is 341 Å². The van der Waals surface area contributed by atoms with Crippen molar-refractivity contribution in [2.24, 2.45) is 23.2 Å². The van der Waals surface area contributed by atoms with E-state index in [0.717, 1.165) is 49.4 Å². The van der Waals surface area contributed by atoms with Gasteiger partial charge >= 0.3 is 23.9 Å². The monoisotopic (exact) mass is 1690 g/mol. The molecule has 7 aliphatic rings. The number of aliphatic hydroxyl groups is 13. The lowest BCUT2D eigenvalue weighted by Gasteiger charge is -2.63. The van der Waals surface area contributed by atoms with E-state index in [1.165, 1.54) is 21.1 Å². The number of carbonyl (C=O) groups is 10. The SMILES string of the molecule is CC[C@]1(O)CC2CN(CC3=C(Cc4ccccc43)[C@@](C(=O)OC)(c3cc4c(cc3OC)N(C)[C@H]3[C@@](O)(C(=O)NCC(=O)OCCSSC[C@H](NC(=O)[C@H](CCC(=O)NC[C@H](O)[C@@H](O)[C@H](O)[C@H](O)CO)CC(=O)[C@H](CCC(=O)O)NC(=O)[C@@H](C)CCC(=O)NC[C@H](O)[C@@H](O)[C@H](O)[C@H](O)CO)C(=O)O)[C@H](O)[C@]5(CC)C=CCN6CC[C@]43[C@@H]65)C2)C1. The van der Waals surface area contributed by atoms with Gasteiger partial charge in [-0.2, -0.15) is 0 Å². The predicted octanol–water partition coefficient (Wildman–Crippen LogP) is -3.98. The van der Waals surface area contributed by atoms with Crippen LogP contribution in [-0.2, 0) is 74.7 Å². The number of carbonyl (C=O) groups excluding carboxylic acids is 8. The molecule has 36 nitrogen and oxygen atoms in total. The van der Waals surface area contributed by atoms with Gasteiger partial charge in [0.2, 0.25) is 23.6 Å². The summed E-state index contributed by atoms with van der Waals surface area (Å²) in [7, 11) is 6.53. The van der Waals surface area contributed by atoms with Gasteiger partial charge in [-0.3, -0.25) is 53.0 Å². The number of benzene rings is 2. The largest absolute Gasteiger partial charge is 0.496 e. The molecule has 5 amide bonds. The number of amides is 5. The summed E-state index contributed by atoms with van der Waals surface area (Å²) in [6.45, 7) is 3.28. The van der Waals surface area contributed by atoms with E-state index in [2.05, 4.69) is 48.5 Å². The second kappa shape index (κ2) is 39.8. The van der Waals surface area contributed by atoms with Crippen LogP contribution < -0.4 is 36.2 Å². The lowest BCUT2D eigenvalue weighted by Crippen LogP contribution is -2.81. The first-order valence-electron chi connectivity index (χ1n) is 39.5. The van der Waals surface area contributed by atoms with Crippen molar-refractivity contribution >= 4 is 92.0 Å². The van der Waals surface area contributed by atoms with Crippen LogP contribution >= 0.6 is 21.6 Å². The molecule has 2 unspecified atom stereocenters. The molecule has 9 rings (SSSR count). The van der Waals surface area contributed by atoms with Crippen LogP contribution in [0.5, 0.6) is 5.75 Å². The van der Waals surface area contributed by atoms with E-state index >= 15 is 9.59 Å². The van der Waals surface area contributed by atoms with Gasteiger partial charge in [0.05, 0.1) is 57.3 Å². The molecule has 22 atom stereocenters. The number of ether oxygens (including phenoxy) is 3. The zero-order valence-corrected chi connectivity index (χ0v) is 68.0. The van der Waals surface area contributed by atoms with Crippen molar-refractivity contribution in [3.63, 3.8) is 0 Å². The van der Waals surface area contributed by atoms with E-state index in [1.54, 1.807) is 11.9 Å². The Morgan fingerprint density at radius 3 is 1.97 bits per heavy atom. The van der Waals surface area contributed by atoms with Crippen molar-refractivity contribution in [3.05, 3.63) is 76.4 Å². The number of hydrogen-bond donors (Lipinski definition) is 20. The number of rotatable bonds is 43. The average Bonchev–Trinajstić information content (AvgIpc) is 1.49. The Bertz CT molecular complexity index is 4010. The Hall–Kier alpha value is -7.48. The summed E-state index contributed by atoms with van der Waals surface area (Å²) in [5, 5.41) is 169. The number of piperidine rings is 1. The van der Waals surface area contributed by atoms with E-state index in [9.17, 15) is 110 Å². The smallest absolute Gasteiger partial charge is 0.327 e. The number of nitrogens with zero attached hydrogens (tertiary/aromatic N) is 3. The van der Waals surface area contributed by atoms with E-state index in [1.807, 2.05) is 50.3 Å². The molecule has 5 heterocycles. The van der Waals surface area contributed by atoms with Crippen LogP contribution in [0, 0.1) is 23.2 Å². The quantitative estimate of drug-likeness (QED) is 0.0130. The number of ketones is 1. The van der Waals surface area contributed by atoms with Crippen molar-refractivity contribution in [1.29, 1.82) is 0 Å². The molecule has 2 aromatic rings. The minimum absolute atomic E-state index is 0.00716. The number of hydrogen-bond acceptors (Lipinski definition) is 31. The van der Waals surface area contributed by atoms with Crippen molar-refractivity contribution in [3.8, 4) is 5.75 Å². The van der Waals surface area contributed by atoms with E-state index < -0.39 is 249 Å². The molecule has 0 aromatic heterocycles. The zero-order valence-electron chi connectivity index (χ0n) is 66.4. The molecule has 2 aliphatic carbocycles. The fraction of sp³-hybridized carbons (Fsp3) is 0.671. The third-order valence-electron chi connectivity index (χ3n) is 24.8. The number of Topliss-reactive ketones (excluding diaryl/α,β-unsaturated/α-hetero) is 1. The number of carboxylic acid groups (broad SMARTS) is 2. The Morgan fingerprint density at radius 2 is 1.36 bits per heavy atom. The maximum absolute atomic E-state index is 15.6. The van der Waals surface area contributed by atoms with E-state index in [0.29, 0.717) is 75.4 Å². The number of nitrogens with one attached hydrogen (secondary N) is 5. The minimum Gasteiger partial charge on any atom is -0.496 e. The van der Waals surface area contributed by atoms with Crippen LogP contribution in [0.15, 0.2) is 54.1 Å². The standard InChI is InChI=1S/C79H114N8O28S2/c1-7-75(111)30-42-31-78(74(110)114-6,47-26-43-12-9-10-13-45(43)46(47)36-86(35-42)40-75)49-28-48-52(29-58(49)113-5)85(4)71-77(48)21-23-87-22-11-20-76(8-2,70(77)87)72(108)79(71,112)73(109)82-34-62(99)115-24-25-116-117-39-51(69(106)107)84-68(105)44(15-18-60(96)81-33-55(92)64(101)66(103)57(94)38-89)27-53(90)50(16-19-61(97)98)83-67(104)41(3)14-17-59(95)80-32-54(91)63(100)65(102)56(93)37-88/h9-13,20,28-29,41-42,44,50-51,54-57,63-66,70-72,88-89,91-94,100-103,108,111-112H,7-8,14-19,21-27,30-40H2,1-6H3,(H,80,95)(H,81,96)(H,82,109)(H,83,104)(H,84,105)(H,97,98)(H,106,107)/t41-,42?,44+,50-,51-,54-,55-,56+,57+,63+,64+,65+,66+,70-,71+,72+,75-,76+,77+,78+,79-/m0/s1. The van der Waals surface area contributed by atoms with Gasteiger partial charge in [-0.15, -0.1) is 0 Å². The normalized spacial score (nSPS) is 27.9. The molecule has 38 heteroatoms. The highest BCUT2D eigenvalue weighted by Crippen LogP contribution is 2.68. The second-order valence-corrected chi connectivity index (χ2v) is 34.7. The molecule has 117 heavy (non-hydrogen) atoms. The van der Waals surface area contributed by atoms with Gasteiger partial charge in [0, 0.05) is 130 Å². The first-order valence-corrected chi connectivity index (χ1v) is 42.0. The number of aliphatic carboxylic acids is 2. The Kier molecular flexibility index (Phi) is 31.8. The topological polar surface area (TPSA) is 572 Å². The fourth-order valence-corrected chi connectivity index (χ4v) is 20.7. The molecule has 2 saturated heterocycles. The molecule has 1 spiro atoms. The van der Waals surface area contributed by atoms with Gasteiger partial charge in [0.1, 0.15) is 73.1 Å². The molecule has 5 aliphatic heterocycles. The lowest BCUT2D eigenvalue weighted by molar-refractivity contribution is -0.203. The van der Waals surface area contributed by atoms with Crippen molar-refractivity contribution in [1.82, 2.24) is 36.4 Å². The number of aliphatic hydroxyl groups excluding tert-OH is 11. The Balaban J connectivity index is 0.867. The molecule has 1 saturated carbocycles. The van der Waals surface area contributed by atoms with Crippen LogP contribution in [0.2, 0.25) is 0 Å². The highest BCUT2D eigenvalue weighted by molar-refractivity contribution is 8.76. The average molecular weight is 1690 g/mol. The molecular formula is C79H114N8O28S2. The van der Waals surface area contributed by atoms with E-state index in [-0.39, 0.29) is 43.3 Å². The molecule has 0 radical (unpaired) electrons. The van der Waals surface area contributed by atoms with Gasteiger partial charge in [0.25, 0.3) is 5.91 Å². The summed E-state index contributed by atoms with van der Waals surface area (Å²) in [5.74, 6) is -13.0. The molecule has 2 aromatic carbocycles. The summed E-state index contributed by atoms with van der Waals surface area (Å²) in [5.41, 5.74) is -1.91. The van der Waals surface area contributed by atoms with Gasteiger partial charge in [-0.05, 0) is 104 Å². The number of carboxylic acids is 2. The Labute approximate surface area is 684 Å². The van der Waals surface area contributed by atoms with Gasteiger partial charge < -0.3 is 122 Å². The van der Waals surface area contributed by atoms with E-state index in [4.69, 9.17) is 19.3 Å². The number of methoxy groups -OCH3 is 2. The predicted molar refractivity (Wildman–Crippen MR) is 421 cm³/mol. The number of esters is 2. The molecule has 3 fully saturated rings. The minimum atomic E-state index is -2.66. The number of anilines is 1. The number of fused-ring (bicyclic) bond motifs is 5. The van der Waals surface area contributed by atoms with Gasteiger partial charge in [0.15, 0.2) is 11.4 Å². The third kappa shape index (κ3) is 19.6. The fourth-order valence-electron chi connectivity index (χ4n) is 18.7. The molecule has 20 N–H and O–H groups in total. The first-order chi connectivity index (χ1) is 55.4. The summed E-state index contributed by atoms with van der Waals surface area (Å²) in [4.78, 5) is 143. The van der Waals surface area contributed by atoms with Crippen LogP contribution in [0.4, 0.5) is 5.69 Å². The maximum atomic E-state index is 15.6. The van der Waals surface area contributed by atoms with Crippen molar-refractivity contribution < 1.29 is 139 Å². The second-order valence-electron chi connectivity index (χ2n) is 32.0. The summed E-state index contributed by atoms with van der Waals surface area (Å²) in [6, 6.07) is 6.85. The molecular weight excluding hydrogens is 1570 g/mol.